The van der Waals surface area contributed by atoms with Crippen LogP contribution in [0.4, 0.5) is 5.69 Å². The van der Waals surface area contributed by atoms with Crippen molar-refractivity contribution < 1.29 is 23.9 Å². The van der Waals surface area contributed by atoms with Gasteiger partial charge in [-0.1, -0.05) is 45.0 Å². The summed E-state index contributed by atoms with van der Waals surface area (Å²) in [6, 6.07) is 14.0. The Morgan fingerprint density at radius 1 is 1.00 bits per heavy atom. The van der Waals surface area contributed by atoms with Gasteiger partial charge in [-0.3, -0.25) is 14.4 Å². The Morgan fingerprint density at radius 3 is 2.28 bits per heavy atom. The number of para-hydroxylation sites is 1. The van der Waals surface area contributed by atoms with Crippen LogP contribution in [0.2, 0.25) is 0 Å². The SMILES string of the molecule is CC(C)(C)c1ccc(OCCC(=O)OCC(=O)Nc2ccccc2C(N)=O)cc1. The van der Waals surface area contributed by atoms with E-state index in [-0.39, 0.29) is 29.7 Å². The zero-order chi connectivity index (χ0) is 21.4. The molecule has 29 heavy (non-hydrogen) atoms. The number of nitrogens with two attached hydrogens (primary N) is 1. The lowest BCUT2D eigenvalue weighted by Crippen LogP contribution is -2.23. The first-order valence-corrected chi connectivity index (χ1v) is 9.24. The van der Waals surface area contributed by atoms with Crippen LogP contribution in [0.25, 0.3) is 0 Å². The third-order valence-corrected chi connectivity index (χ3v) is 4.13. The van der Waals surface area contributed by atoms with Crippen LogP contribution in [0.15, 0.2) is 48.5 Å². The first-order valence-electron chi connectivity index (χ1n) is 9.24. The third kappa shape index (κ3) is 6.95. The van der Waals surface area contributed by atoms with Gasteiger partial charge in [-0.15, -0.1) is 0 Å². The molecule has 7 heteroatoms. The van der Waals surface area contributed by atoms with Crippen LogP contribution < -0.4 is 15.8 Å². The van der Waals surface area contributed by atoms with Gasteiger partial charge in [0.05, 0.1) is 24.3 Å². The molecule has 0 aliphatic rings. The molecule has 0 aliphatic heterocycles. The van der Waals surface area contributed by atoms with Crippen LogP contribution in [0.5, 0.6) is 5.75 Å². The maximum Gasteiger partial charge on any atom is 0.309 e. The topological polar surface area (TPSA) is 108 Å². The second-order valence-electron chi connectivity index (χ2n) is 7.49. The molecule has 2 rings (SSSR count). The molecule has 0 heterocycles. The van der Waals surface area contributed by atoms with Crippen molar-refractivity contribution in [2.45, 2.75) is 32.6 Å². The van der Waals surface area contributed by atoms with Gasteiger partial charge in [0.25, 0.3) is 11.8 Å². The minimum Gasteiger partial charge on any atom is -0.493 e. The van der Waals surface area contributed by atoms with Crippen molar-refractivity contribution in [3.63, 3.8) is 0 Å². The number of hydrogen-bond acceptors (Lipinski definition) is 5. The van der Waals surface area contributed by atoms with Gasteiger partial charge in [-0.2, -0.15) is 0 Å². The summed E-state index contributed by atoms with van der Waals surface area (Å²) in [5.41, 5.74) is 6.95. The van der Waals surface area contributed by atoms with Gasteiger partial charge in [-0.05, 0) is 35.2 Å². The fourth-order valence-electron chi connectivity index (χ4n) is 2.51. The van der Waals surface area contributed by atoms with Crippen LogP contribution in [0, 0.1) is 0 Å². The largest absolute Gasteiger partial charge is 0.493 e. The van der Waals surface area contributed by atoms with Gasteiger partial charge in [0.15, 0.2) is 6.61 Å². The number of primary amides is 1. The van der Waals surface area contributed by atoms with Crippen molar-refractivity contribution in [2.24, 2.45) is 5.73 Å². The highest BCUT2D eigenvalue weighted by atomic mass is 16.5. The summed E-state index contributed by atoms with van der Waals surface area (Å²) in [5, 5.41) is 2.50. The van der Waals surface area contributed by atoms with Gasteiger partial charge in [-0.25, -0.2) is 0 Å². The zero-order valence-corrected chi connectivity index (χ0v) is 16.9. The van der Waals surface area contributed by atoms with Gasteiger partial charge >= 0.3 is 5.97 Å². The lowest BCUT2D eigenvalue weighted by atomic mass is 9.87. The number of ether oxygens (including phenoxy) is 2. The average molecular weight is 398 g/mol. The number of esters is 1. The van der Waals surface area contributed by atoms with Crippen LogP contribution >= 0.6 is 0 Å². The summed E-state index contributed by atoms with van der Waals surface area (Å²) in [6.07, 6.45) is 0.00613. The Balaban J connectivity index is 1.73. The average Bonchev–Trinajstić information content (AvgIpc) is 2.66. The Hall–Kier alpha value is -3.35. The van der Waals surface area contributed by atoms with Crippen LogP contribution in [-0.2, 0) is 19.7 Å². The van der Waals surface area contributed by atoms with Gasteiger partial charge in [0.1, 0.15) is 5.75 Å². The molecule has 3 N–H and O–H groups in total. The van der Waals surface area contributed by atoms with E-state index < -0.39 is 24.4 Å². The quantitative estimate of drug-likeness (QED) is 0.665. The fraction of sp³-hybridized carbons (Fsp3) is 0.318. The molecule has 154 valence electrons. The Labute approximate surface area is 170 Å². The molecule has 2 aromatic rings. The first-order chi connectivity index (χ1) is 13.7. The Bertz CT molecular complexity index is 870. The third-order valence-electron chi connectivity index (χ3n) is 4.13. The number of amides is 2. The number of hydrogen-bond donors (Lipinski definition) is 2. The molecule has 0 bridgehead atoms. The Kier molecular flexibility index (Phi) is 7.36. The van der Waals surface area contributed by atoms with Gasteiger partial charge in [0, 0.05) is 0 Å². The van der Waals surface area contributed by atoms with E-state index >= 15 is 0 Å². The maximum atomic E-state index is 11.9. The zero-order valence-electron chi connectivity index (χ0n) is 16.9. The van der Waals surface area contributed by atoms with Crippen molar-refractivity contribution in [1.29, 1.82) is 0 Å². The van der Waals surface area contributed by atoms with E-state index in [1.807, 2.05) is 24.3 Å². The van der Waals surface area contributed by atoms with Crippen molar-refractivity contribution >= 4 is 23.5 Å². The molecule has 0 atom stereocenters. The normalized spacial score (nSPS) is 10.9. The van der Waals surface area contributed by atoms with E-state index in [1.165, 1.54) is 11.6 Å². The standard InChI is InChI=1S/C22H26N2O5/c1-22(2,3)15-8-10-16(11-9-15)28-13-12-20(26)29-14-19(25)24-18-7-5-4-6-17(18)21(23)27/h4-11H,12-14H2,1-3H3,(H2,23,27)(H,24,25). The molecule has 2 amide bonds. The molecule has 0 aliphatic carbocycles. The first kappa shape index (κ1) is 21.9. The highest BCUT2D eigenvalue weighted by Crippen LogP contribution is 2.24. The second kappa shape index (κ2) is 9.73. The summed E-state index contributed by atoms with van der Waals surface area (Å²) in [4.78, 5) is 35.1. The van der Waals surface area contributed by atoms with Crippen LogP contribution in [0.3, 0.4) is 0 Å². The number of carbonyl (C=O) groups excluding carboxylic acids is 3. The number of nitrogens with one attached hydrogen (secondary N) is 1. The molecule has 0 saturated carbocycles. The monoisotopic (exact) mass is 398 g/mol. The van der Waals surface area contributed by atoms with E-state index in [4.69, 9.17) is 15.2 Å². The van der Waals surface area contributed by atoms with E-state index in [9.17, 15) is 14.4 Å². The number of carbonyl (C=O) groups is 3. The molecule has 2 aromatic carbocycles. The van der Waals surface area contributed by atoms with Gasteiger partial charge < -0.3 is 20.5 Å². The van der Waals surface area contributed by atoms with E-state index in [2.05, 4.69) is 26.1 Å². The summed E-state index contributed by atoms with van der Waals surface area (Å²) in [6.45, 7) is 6.05. The number of benzene rings is 2. The van der Waals surface area contributed by atoms with Crippen molar-refractivity contribution in [3.8, 4) is 5.75 Å². The summed E-state index contributed by atoms with van der Waals surface area (Å²) in [5.74, 6) is -1.13. The summed E-state index contributed by atoms with van der Waals surface area (Å²) < 4.78 is 10.5. The second-order valence-corrected chi connectivity index (χ2v) is 7.49. The predicted octanol–water partition coefficient (Wildman–Crippen LogP) is 3.03. The maximum absolute atomic E-state index is 11.9. The molecule has 0 aromatic heterocycles. The molecule has 0 fully saturated rings. The minimum atomic E-state index is -0.662. The lowest BCUT2D eigenvalue weighted by Gasteiger charge is -2.19. The molecule has 0 saturated heterocycles. The molecule has 0 spiro atoms. The number of rotatable bonds is 8. The number of anilines is 1. The predicted molar refractivity (Wildman–Crippen MR) is 110 cm³/mol. The molecular formula is C22H26N2O5. The van der Waals surface area contributed by atoms with Gasteiger partial charge in [0.2, 0.25) is 0 Å². The lowest BCUT2D eigenvalue weighted by molar-refractivity contribution is -0.147. The minimum absolute atomic E-state index is 0.00613. The van der Waals surface area contributed by atoms with Crippen molar-refractivity contribution in [1.82, 2.24) is 0 Å². The van der Waals surface area contributed by atoms with E-state index in [0.717, 1.165) is 0 Å². The molecule has 0 radical (unpaired) electrons. The van der Waals surface area contributed by atoms with E-state index in [0.29, 0.717) is 5.75 Å². The van der Waals surface area contributed by atoms with Crippen LogP contribution in [0.1, 0.15) is 43.1 Å². The molecule has 7 nitrogen and oxygen atoms in total. The molecular weight excluding hydrogens is 372 g/mol. The smallest absolute Gasteiger partial charge is 0.309 e. The van der Waals surface area contributed by atoms with Crippen molar-refractivity contribution in [3.05, 3.63) is 59.7 Å². The summed E-state index contributed by atoms with van der Waals surface area (Å²) in [7, 11) is 0. The highest BCUT2D eigenvalue weighted by Gasteiger charge is 2.14. The summed E-state index contributed by atoms with van der Waals surface area (Å²) >= 11 is 0. The van der Waals surface area contributed by atoms with Crippen LogP contribution in [-0.4, -0.2) is 31.0 Å². The molecule has 0 unspecified atom stereocenters. The Morgan fingerprint density at radius 2 is 1.66 bits per heavy atom. The van der Waals surface area contributed by atoms with Crippen molar-refractivity contribution in [2.75, 3.05) is 18.5 Å². The van der Waals surface area contributed by atoms with E-state index in [1.54, 1.807) is 18.2 Å². The highest BCUT2D eigenvalue weighted by molar-refractivity contribution is 6.03. The fourth-order valence-corrected chi connectivity index (χ4v) is 2.51.